The molecule has 9 heteroatoms. The first kappa shape index (κ1) is 25.4. The van der Waals surface area contributed by atoms with E-state index in [1.54, 1.807) is 41.0 Å². The van der Waals surface area contributed by atoms with Gasteiger partial charge in [0.25, 0.3) is 5.56 Å². The molecule has 3 aromatic carbocycles. The molecular weight excluding hydrogens is 563 g/mol. The molecule has 1 unspecified atom stereocenters. The van der Waals surface area contributed by atoms with Gasteiger partial charge in [-0.25, -0.2) is 14.2 Å². The average molecular weight is 583 g/mol. The van der Waals surface area contributed by atoms with Crippen LogP contribution in [0.25, 0.3) is 23.1 Å². The van der Waals surface area contributed by atoms with Gasteiger partial charge in [0.05, 0.1) is 26.9 Å². The number of carboxylic acids is 1. The first-order valence-corrected chi connectivity index (χ1v) is 14.1. The van der Waals surface area contributed by atoms with E-state index in [9.17, 15) is 19.1 Å². The molecule has 1 N–H and O–H groups in total. The Labute approximate surface area is 241 Å². The number of carboxylic acid groups (broad SMARTS) is 1. The number of aryl methyl sites for hydroxylation is 1. The highest BCUT2D eigenvalue weighted by atomic mass is 35.5. The Morgan fingerprint density at radius 2 is 1.88 bits per heavy atom. The van der Waals surface area contributed by atoms with E-state index >= 15 is 0 Å². The lowest BCUT2D eigenvalue weighted by molar-refractivity contribution is 0.0697. The smallest absolute Gasteiger partial charge is 0.337 e. The van der Waals surface area contributed by atoms with Crippen LogP contribution in [0.5, 0.6) is 0 Å². The third kappa shape index (κ3) is 4.36. The van der Waals surface area contributed by atoms with Gasteiger partial charge in [-0.1, -0.05) is 65.4 Å². The van der Waals surface area contributed by atoms with Crippen molar-refractivity contribution in [3.05, 3.63) is 143 Å². The van der Waals surface area contributed by atoms with Crippen LogP contribution in [0, 0.1) is 5.82 Å². The zero-order valence-electron chi connectivity index (χ0n) is 21.3. The maximum Gasteiger partial charge on any atom is 0.337 e. The van der Waals surface area contributed by atoms with Gasteiger partial charge in [0.1, 0.15) is 17.3 Å². The number of hydrogen-bond acceptors (Lipinski definition) is 5. The number of carbonyl (C=O) groups is 1. The fourth-order valence-electron chi connectivity index (χ4n) is 5.52. The van der Waals surface area contributed by atoms with Crippen molar-refractivity contribution in [1.29, 1.82) is 0 Å². The minimum absolute atomic E-state index is 0.00401. The van der Waals surface area contributed by atoms with Crippen molar-refractivity contribution >= 4 is 40.7 Å². The lowest BCUT2D eigenvalue weighted by atomic mass is 9.83. The molecule has 1 aliphatic carbocycles. The third-order valence-corrected chi connectivity index (χ3v) is 8.74. The standard InChI is InChI=1S/C32H20ClFN2O4S/c33-25-15-19(8-12-23(25)31(38)39)26-14-11-21(40-26)16-27-30(37)36-29(18-5-9-20(34)10-6-18)24-13-7-17-3-1-2-4-22(17)28(24)35-32(36)41-27/h1-6,8-12,14-16,29H,7,13H2,(H,38,39)/b27-16+. The monoisotopic (exact) mass is 582 g/mol. The molecule has 2 aromatic heterocycles. The van der Waals surface area contributed by atoms with Crippen molar-refractivity contribution in [3.8, 4) is 11.3 Å². The summed E-state index contributed by atoms with van der Waals surface area (Å²) in [5, 5.41) is 9.34. The Kier molecular flexibility index (Phi) is 6.10. The molecule has 0 radical (unpaired) electrons. The Hall–Kier alpha value is -4.53. The van der Waals surface area contributed by atoms with Crippen molar-refractivity contribution in [1.82, 2.24) is 4.57 Å². The van der Waals surface area contributed by atoms with Gasteiger partial charge in [-0.3, -0.25) is 9.36 Å². The van der Waals surface area contributed by atoms with E-state index in [4.69, 9.17) is 21.0 Å². The number of aromatic carboxylic acids is 1. The molecule has 6 nitrogen and oxygen atoms in total. The van der Waals surface area contributed by atoms with E-state index in [0.717, 1.165) is 35.2 Å². The second-order valence-electron chi connectivity index (χ2n) is 9.87. The number of hydrogen-bond donors (Lipinski definition) is 1. The summed E-state index contributed by atoms with van der Waals surface area (Å²) in [5.41, 5.74) is 5.41. The molecule has 202 valence electrons. The fourth-order valence-corrected chi connectivity index (χ4v) is 6.77. The van der Waals surface area contributed by atoms with E-state index in [-0.39, 0.29) is 22.0 Å². The predicted octanol–water partition coefficient (Wildman–Crippen LogP) is 6.07. The second kappa shape index (κ2) is 9.83. The molecule has 5 aromatic rings. The van der Waals surface area contributed by atoms with E-state index < -0.39 is 12.0 Å². The summed E-state index contributed by atoms with van der Waals surface area (Å²) >= 11 is 7.41. The van der Waals surface area contributed by atoms with Crippen LogP contribution < -0.4 is 14.9 Å². The van der Waals surface area contributed by atoms with E-state index in [1.165, 1.54) is 41.2 Å². The number of nitrogens with zero attached hydrogens (tertiary/aromatic N) is 2. The van der Waals surface area contributed by atoms with E-state index in [2.05, 4.69) is 12.1 Å². The molecule has 0 saturated carbocycles. The number of halogens is 2. The lowest BCUT2D eigenvalue weighted by Gasteiger charge is -2.30. The van der Waals surface area contributed by atoms with Crippen molar-refractivity contribution in [2.24, 2.45) is 4.99 Å². The van der Waals surface area contributed by atoms with Gasteiger partial charge < -0.3 is 9.52 Å². The SMILES string of the molecule is O=C(O)c1ccc(-c2ccc(/C=c3/sc4n(c3=O)C(c3ccc(F)cc3)C3=C(N=4)c4ccccc4CC3)o2)cc1Cl. The molecule has 0 spiro atoms. The van der Waals surface area contributed by atoms with Crippen LogP contribution in [0.3, 0.4) is 0 Å². The molecule has 7 rings (SSSR count). The number of rotatable bonds is 4. The summed E-state index contributed by atoms with van der Waals surface area (Å²) in [7, 11) is 0. The van der Waals surface area contributed by atoms with Gasteiger partial charge in [0, 0.05) is 17.2 Å². The summed E-state index contributed by atoms with van der Waals surface area (Å²) in [4.78, 5) is 30.7. The maximum atomic E-state index is 13.9. The summed E-state index contributed by atoms with van der Waals surface area (Å²) in [6.45, 7) is 0. The second-order valence-corrected chi connectivity index (χ2v) is 11.3. The highest BCUT2D eigenvalue weighted by Crippen LogP contribution is 2.41. The van der Waals surface area contributed by atoms with Crippen LogP contribution >= 0.6 is 22.9 Å². The zero-order valence-corrected chi connectivity index (χ0v) is 22.9. The van der Waals surface area contributed by atoms with Gasteiger partial charge in [0.2, 0.25) is 0 Å². The van der Waals surface area contributed by atoms with E-state index in [1.807, 2.05) is 12.1 Å². The Bertz CT molecular complexity index is 2090. The summed E-state index contributed by atoms with van der Waals surface area (Å²) in [5.74, 6) is -0.506. The first-order valence-electron chi connectivity index (χ1n) is 12.9. The van der Waals surface area contributed by atoms with Gasteiger partial charge in [-0.2, -0.15) is 0 Å². The van der Waals surface area contributed by atoms with Crippen molar-refractivity contribution in [3.63, 3.8) is 0 Å². The normalized spacial score (nSPS) is 16.1. The predicted molar refractivity (Wildman–Crippen MR) is 155 cm³/mol. The number of thiazole rings is 1. The summed E-state index contributed by atoms with van der Waals surface area (Å²) in [6, 6.07) is 22.1. The number of allylic oxidation sites excluding steroid dienone is 1. The Morgan fingerprint density at radius 1 is 1.07 bits per heavy atom. The van der Waals surface area contributed by atoms with E-state index in [0.29, 0.717) is 26.4 Å². The molecule has 2 aliphatic rings. The molecule has 3 heterocycles. The molecule has 41 heavy (non-hydrogen) atoms. The topological polar surface area (TPSA) is 84.8 Å². The number of fused-ring (bicyclic) bond motifs is 3. The van der Waals surface area contributed by atoms with Crippen LogP contribution in [0.4, 0.5) is 4.39 Å². The number of furan rings is 1. The van der Waals surface area contributed by atoms with Crippen molar-refractivity contribution in [2.45, 2.75) is 18.9 Å². The van der Waals surface area contributed by atoms with Gasteiger partial charge in [-0.15, -0.1) is 0 Å². The van der Waals surface area contributed by atoms with Crippen LogP contribution in [0.1, 0.15) is 45.3 Å². The quantitative estimate of drug-likeness (QED) is 0.279. The number of benzene rings is 3. The van der Waals surface area contributed by atoms with Crippen molar-refractivity contribution in [2.75, 3.05) is 0 Å². The molecule has 0 amide bonds. The average Bonchev–Trinajstić information content (AvgIpc) is 3.56. The number of aromatic nitrogens is 1. The van der Waals surface area contributed by atoms with Crippen molar-refractivity contribution < 1.29 is 18.7 Å². The zero-order chi connectivity index (χ0) is 28.2. The van der Waals surface area contributed by atoms with Crippen LogP contribution in [0.15, 0.2) is 98.6 Å². The third-order valence-electron chi connectivity index (χ3n) is 7.44. The minimum Gasteiger partial charge on any atom is -0.478 e. The summed E-state index contributed by atoms with van der Waals surface area (Å²) < 4.78 is 22.0. The highest BCUT2D eigenvalue weighted by molar-refractivity contribution is 7.07. The van der Waals surface area contributed by atoms with Crippen LogP contribution in [-0.4, -0.2) is 15.6 Å². The minimum atomic E-state index is -1.11. The Morgan fingerprint density at radius 3 is 2.66 bits per heavy atom. The maximum absolute atomic E-state index is 13.9. The van der Waals surface area contributed by atoms with Gasteiger partial charge in [0.15, 0.2) is 4.80 Å². The molecular formula is C32H20ClFN2O4S. The fraction of sp³-hybridized carbons (Fsp3) is 0.0938. The van der Waals surface area contributed by atoms with Gasteiger partial charge in [-0.05, 0) is 65.9 Å². The molecule has 0 bridgehead atoms. The molecule has 1 aliphatic heterocycles. The molecule has 0 fully saturated rings. The van der Waals surface area contributed by atoms with Gasteiger partial charge >= 0.3 is 5.97 Å². The van der Waals surface area contributed by atoms with Crippen LogP contribution in [-0.2, 0) is 6.42 Å². The molecule has 1 atom stereocenters. The van der Waals surface area contributed by atoms with Crippen LogP contribution in [0.2, 0.25) is 5.02 Å². The largest absolute Gasteiger partial charge is 0.478 e. The molecule has 0 saturated heterocycles. The Balaban J connectivity index is 1.36. The highest BCUT2D eigenvalue weighted by Gasteiger charge is 2.32. The lowest BCUT2D eigenvalue weighted by Crippen LogP contribution is -2.38. The summed E-state index contributed by atoms with van der Waals surface area (Å²) in [6.07, 6.45) is 3.25. The first-order chi connectivity index (χ1) is 19.9.